The fraction of sp³-hybridized carbons (Fsp3) is 0.786. The molecule has 18 heavy (non-hydrogen) atoms. The summed E-state index contributed by atoms with van der Waals surface area (Å²) < 4.78 is 1.88. The molecule has 2 rings (SSSR count). The minimum absolute atomic E-state index is 0.705. The summed E-state index contributed by atoms with van der Waals surface area (Å²) in [5.41, 5.74) is 7.22. The van der Waals surface area contributed by atoms with Crippen LogP contribution in [0.4, 0.5) is 0 Å². The van der Waals surface area contributed by atoms with E-state index >= 15 is 0 Å². The van der Waals surface area contributed by atoms with E-state index in [2.05, 4.69) is 23.1 Å². The zero-order chi connectivity index (χ0) is 13.0. The molecular weight excluding hydrogens is 224 g/mol. The maximum atomic E-state index is 5.89. The number of nitrogens with zero attached hydrogens (tertiary/aromatic N) is 3. The highest BCUT2D eigenvalue weighted by atomic mass is 15.2. The van der Waals surface area contributed by atoms with Crippen LogP contribution in [0, 0.1) is 5.92 Å². The van der Waals surface area contributed by atoms with Crippen molar-refractivity contribution in [1.82, 2.24) is 14.7 Å². The Bertz CT molecular complexity index is 360. The van der Waals surface area contributed by atoms with Crippen LogP contribution >= 0.6 is 0 Å². The van der Waals surface area contributed by atoms with Gasteiger partial charge >= 0.3 is 0 Å². The molecule has 1 aliphatic carbocycles. The second kappa shape index (κ2) is 6.34. The smallest absolute Gasteiger partial charge is 0.0522 e. The lowest BCUT2D eigenvalue weighted by Gasteiger charge is -2.31. The van der Waals surface area contributed by atoms with Gasteiger partial charge in [0.05, 0.1) is 6.20 Å². The fourth-order valence-corrected chi connectivity index (χ4v) is 3.21. The predicted molar refractivity (Wildman–Crippen MR) is 74.3 cm³/mol. The highest BCUT2D eigenvalue weighted by Crippen LogP contribution is 2.29. The van der Waals surface area contributed by atoms with Crippen molar-refractivity contribution in [2.75, 3.05) is 19.6 Å². The van der Waals surface area contributed by atoms with E-state index in [1.807, 2.05) is 17.9 Å². The lowest BCUT2D eigenvalue weighted by atomic mass is 10.0. The Kier molecular flexibility index (Phi) is 4.78. The van der Waals surface area contributed by atoms with Crippen molar-refractivity contribution in [1.29, 1.82) is 0 Å². The van der Waals surface area contributed by atoms with E-state index in [4.69, 9.17) is 5.73 Å². The van der Waals surface area contributed by atoms with Crippen molar-refractivity contribution in [3.05, 3.63) is 18.0 Å². The van der Waals surface area contributed by atoms with Gasteiger partial charge in [0.25, 0.3) is 0 Å². The predicted octanol–water partition coefficient (Wildman–Crippen LogP) is 1.41. The number of hydrogen-bond acceptors (Lipinski definition) is 3. The maximum Gasteiger partial charge on any atom is 0.0522 e. The Labute approximate surface area is 110 Å². The number of hydrogen-bond donors (Lipinski definition) is 1. The molecule has 1 aliphatic rings. The van der Waals surface area contributed by atoms with E-state index in [-0.39, 0.29) is 0 Å². The maximum absolute atomic E-state index is 5.89. The van der Waals surface area contributed by atoms with Crippen LogP contribution in [0.5, 0.6) is 0 Å². The average Bonchev–Trinajstić information content (AvgIpc) is 2.99. The molecule has 0 saturated heterocycles. The van der Waals surface area contributed by atoms with Gasteiger partial charge in [0.1, 0.15) is 0 Å². The number of likely N-dealkylation sites (N-methyl/N-ethyl adjacent to an activating group) is 1. The molecule has 1 saturated carbocycles. The normalized spacial score (nSPS) is 24.0. The third-order valence-electron chi connectivity index (χ3n) is 4.24. The minimum Gasteiger partial charge on any atom is -0.330 e. The highest BCUT2D eigenvalue weighted by Gasteiger charge is 2.30. The number of nitrogens with two attached hydrogens (primary N) is 1. The van der Waals surface area contributed by atoms with E-state index in [0.717, 1.165) is 26.1 Å². The van der Waals surface area contributed by atoms with E-state index < -0.39 is 0 Å². The summed E-state index contributed by atoms with van der Waals surface area (Å²) >= 11 is 0. The summed E-state index contributed by atoms with van der Waals surface area (Å²) in [5.74, 6) is 0.707. The van der Waals surface area contributed by atoms with Crippen LogP contribution in [-0.4, -0.2) is 40.4 Å². The van der Waals surface area contributed by atoms with Gasteiger partial charge in [-0.2, -0.15) is 5.10 Å². The lowest BCUT2D eigenvalue weighted by molar-refractivity contribution is 0.172. The summed E-state index contributed by atoms with van der Waals surface area (Å²) in [6.45, 7) is 5.36. The quantitative estimate of drug-likeness (QED) is 0.830. The molecule has 2 unspecified atom stereocenters. The number of aryl methyl sites for hydroxylation is 1. The summed E-state index contributed by atoms with van der Waals surface area (Å²) in [5, 5.41) is 4.23. The Morgan fingerprint density at radius 2 is 2.33 bits per heavy atom. The summed E-state index contributed by atoms with van der Waals surface area (Å²) in [4.78, 5) is 2.61. The molecule has 1 aromatic heterocycles. The first-order chi connectivity index (χ1) is 8.74. The van der Waals surface area contributed by atoms with Crippen LogP contribution in [0.25, 0.3) is 0 Å². The van der Waals surface area contributed by atoms with E-state index in [1.165, 1.54) is 24.8 Å². The number of aromatic nitrogens is 2. The van der Waals surface area contributed by atoms with E-state index in [9.17, 15) is 0 Å². The van der Waals surface area contributed by atoms with Gasteiger partial charge in [-0.15, -0.1) is 0 Å². The van der Waals surface area contributed by atoms with Crippen molar-refractivity contribution in [2.24, 2.45) is 18.7 Å². The van der Waals surface area contributed by atoms with Crippen molar-refractivity contribution in [2.45, 2.75) is 38.6 Å². The summed E-state index contributed by atoms with van der Waals surface area (Å²) in [6.07, 6.45) is 9.16. The van der Waals surface area contributed by atoms with Crippen LogP contribution in [0.3, 0.4) is 0 Å². The molecule has 4 nitrogen and oxygen atoms in total. The molecule has 2 N–H and O–H groups in total. The van der Waals surface area contributed by atoms with Gasteiger partial charge in [0, 0.05) is 25.8 Å². The Balaban J connectivity index is 1.88. The second-order valence-electron chi connectivity index (χ2n) is 5.39. The molecule has 0 aromatic carbocycles. The first-order valence-corrected chi connectivity index (χ1v) is 7.16. The molecule has 4 heteroatoms. The molecule has 0 amide bonds. The van der Waals surface area contributed by atoms with Crippen LogP contribution in [-0.2, 0) is 13.5 Å². The van der Waals surface area contributed by atoms with Gasteiger partial charge < -0.3 is 10.6 Å². The first kappa shape index (κ1) is 13.6. The summed E-state index contributed by atoms with van der Waals surface area (Å²) in [6, 6.07) is 0.705. The van der Waals surface area contributed by atoms with Crippen LogP contribution < -0.4 is 5.73 Å². The Hall–Kier alpha value is -0.870. The molecule has 2 atom stereocenters. The van der Waals surface area contributed by atoms with Gasteiger partial charge in [-0.25, -0.2) is 0 Å². The fourth-order valence-electron chi connectivity index (χ4n) is 3.21. The van der Waals surface area contributed by atoms with Crippen LogP contribution in [0.2, 0.25) is 0 Å². The van der Waals surface area contributed by atoms with Crippen molar-refractivity contribution >= 4 is 0 Å². The van der Waals surface area contributed by atoms with Crippen molar-refractivity contribution in [3.63, 3.8) is 0 Å². The van der Waals surface area contributed by atoms with Gasteiger partial charge in [0.15, 0.2) is 0 Å². The van der Waals surface area contributed by atoms with Gasteiger partial charge in [0.2, 0.25) is 0 Å². The van der Waals surface area contributed by atoms with Gasteiger partial charge in [-0.1, -0.05) is 13.3 Å². The molecule has 102 valence electrons. The molecule has 0 radical (unpaired) electrons. The topological polar surface area (TPSA) is 47.1 Å². The highest BCUT2D eigenvalue weighted by molar-refractivity contribution is 5.04. The van der Waals surface area contributed by atoms with Crippen molar-refractivity contribution in [3.8, 4) is 0 Å². The standard InChI is InChI=1S/C14H26N4/c1-3-18(14-6-4-5-13(14)9-15)8-7-12-10-16-17(2)11-12/h10-11,13-14H,3-9,15H2,1-2H3. The molecule has 1 heterocycles. The van der Waals surface area contributed by atoms with Crippen molar-refractivity contribution < 1.29 is 0 Å². The minimum atomic E-state index is 0.705. The molecule has 0 bridgehead atoms. The van der Waals surface area contributed by atoms with E-state index in [0.29, 0.717) is 12.0 Å². The monoisotopic (exact) mass is 250 g/mol. The van der Waals surface area contributed by atoms with E-state index in [1.54, 1.807) is 0 Å². The van der Waals surface area contributed by atoms with Gasteiger partial charge in [-0.05, 0) is 43.8 Å². The lowest BCUT2D eigenvalue weighted by Crippen LogP contribution is -2.41. The molecular formula is C14H26N4. The number of rotatable bonds is 6. The average molecular weight is 250 g/mol. The Morgan fingerprint density at radius 3 is 2.94 bits per heavy atom. The molecule has 0 spiro atoms. The first-order valence-electron chi connectivity index (χ1n) is 7.16. The van der Waals surface area contributed by atoms with Crippen LogP contribution in [0.15, 0.2) is 12.4 Å². The second-order valence-corrected chi connectivity index (χ2v) is 5.39. The third-order valence-corrected chi connectivity index (χ3v) is 4.24. The zero-order valence-electron chi connectivity index (χ0n) is 11.7. The zero-order valence-corrected chi connectivity index (χ0v) is 11.7. The Morgan fingerprint density at radius 1 is 1.50 bits per heavy atom. The SMILES string of the molecule is CCN(CCc1cnn(C)c1)C1CCCC1CN. The third kappa shape index (κ3) is 3.12. The summed E-state index contributed by atoms with van der Waals surface area (Å²) in [7, 11) is 1.97. The largest absolute Gasteiger partial charge is 0.330 e. The molecule has 1 aromatic rings. The van der Waals surface area contributed by atoms with Crippen LogP contribution in [0.1, 0.15) is 31.7 Å². The van der Waals surface area contributed by atoms with Gasteiger partial charge in [-0.3, -0.25) is 4.68 Å². The molecule has 1 fully saturated rings. The molecule has 0 aliphatic heterocycles.